The molecule has 2 aliphatic carbocycles. The summed E-state index contributed by atoms with van der Waals surface area (Å²) in [5.74, 6) is 1.44. The minimum atomic E-state index is -0.481. The van der Waals surface area contributed by atoms with E-state index in [4.69, 9.17) is 9.47 Å². The molecule has 1 amide bonds. The van der Waals surface area contributed by atoms with Gasteiger partial charge in [0.25, 0.3) is 0 Å². The van der Waals surface area contributed by atoms with Gasteiger partial charge in [0.05, 0.1) is 12.6 Å². The van der Waals surface area contributed by atoms with Gasteiger partial charge in [0.2, 0.25) is 0 Å². The highest BCUT2D eigenvalue weighted by atomic mass is 127. The first-order valence-electron chi connectivity index (χ1n) is 9.99. The number of fused-ring (bicyclic) bond motifs is 2. The second kappa shape index (κ2) is 9.15. The van der Waals surface area contributed by atoms with Gasteiger partial charge in [-0.3, -0.25) is 4.99 Å². The number of alkyl carbamates (subject to hydrolysis) is 1. The molecule has 8 heteroatoms. The molecular formula is C19H35IN4O3. The number of nitrogens with one attached hydrogen (secondary N) is 3. The van der Waals surface area contributed by atoms with Crippen LogP contribution in [0, 0.1) is 11.3 Å². The zero-order valence-electron chi connectivity index (χ0n) is 17.0. The summed E-state index contributed by atoms with van der Waals surface area (Å²) < 4.78 is 11.2. The topological polar surface area (TPSA) is 84.0 Å². The number of amides is 1. The molecule has 156 valence electrons. The second-order valence-corrected chi connectivity index (χ2v) is 8.64. The van der Waals surface area contributed by atoms with Gasteiger partial charge in [-0.1, -0.05) is 6.42 Å². The molecule has 2 saturated carbocycles. The van der Waals surface area contributed by atoms with Gasteiger partial charge in [-0.2, -0.15) is 0 Å². The highest BCUT2D eigenvalue weighted by Gasteiger charge is 2.66. The molecule has 0 aromatic rings. The van der Waals surface area contributed by atoms with Crippen LogP contribution in [0.4, 0.5) is 4.79 Å². The summed E-state index contributed by atoms with van der Waals surface area (Å²) in [6.45, 7) is 10.3. The van der Waals surface area contributed by atoms with Crippen molar-refractivity contribution >= 4 is 36.0 Å². The van der Waals surface area contributed by atoms with Crippen LogP contribution in [-0.4, -0.2) is 56.0 Å². The fraction of sp³-hybridized carbons (Fsp3) is 0.895. The van der Waals surface area contributed by atoms with Crippen LogP contribution >= 0.6 is 24.0 Å². The van der Waals surface area contributed by atoms with Gasteiger partial charge in [0.1, 0.15) is 5.60 Å². The number of halogens is 1. The van der Waals surface area contributed by atoms with E-state index < -0.39 is 11.7 Å². The first-order valence-corrected chi connectivity index (χ1v) is 9.99. The van der Waals surface area contributed by atoms with E-state index in [1.165, 1.54) is 19.3 Å². The number of nitrogens with zero attached hydrogens (tertiary/aromatic N) is 1. The predicted molar refractivity (Wildman–Crippen MR) is 117 cm³/mol. The van der Waals surface area contributed by atoms with Crippen LogP contribution in [0.25, 0.3) is 0 Å². The number of carbonyl (C=O) groups excluding carboxylic acids is 1. The lowest BCUT2D eigenvalue weighted by Gasteiger charge is -2.63. The summed E-state index contributed by atoms with van der Waals surface area (Å²) in [6, 6.07) is 0.459. The van der Waals surface area contributed by atoms with E-state index in [0.29, 0.717) is 36.6 Å². The number of aliphatic imine (C=N–C) groups is 1. The van der Waals surface area contributed by atoms with Crippen molar-refractivity contribution in [2.45, 2.75) is 71.1 Å². The summed E-state index contributed by atoms with van der Waals surface area (Å²) in [5.41, 5.74) is -0.156. The Hall–Kier alpha value is -0.770. The smallest absolute Gasteiger partial charge is 0.407 e. The van der Waals surface area contributed by atoms with Gasteiger partial charge in [-0.25, -0.2) is 4.79 Å². The molecule has 0 bridgehead atoms. The number of hydrogen-bond donors (Lipinski definition) is 3. The van der Waals surface area contributed by atoms with Crippen molar-refractivity contribution in [3.63, 3.8) is 0 Å². The van der Waals surface area contributed by atoms with E-state index in [0.717, 1.165) is 25.5 Å². The van der Waals surface area contributed by atoms with E-state index in [-0.39, 0.29) is 24.0 Å². The Morgan fingerprint density at radius 2 is 2.04 bits per heavy atom. The van der Waals surface area contributed by atoms with E-state index in [2.05, 4.69) is 27.9 Å². The third kappa shape index (κ3) is 4.99. The molecule has 1 saturated heterocycles. The molecule has 0 aromatic heterocycles. The molecule has 3 atom stereocenters. The van der Waals surface area contributed by atoms with E-state index >= 15 is 0 Å². The number of carbonyl (C=O) groups is 1. The molecule has 27 heavy (non-hydrogen) atoms. The van der Waals surface area contributed by atoms with Crippen LogP contribution in [-0.2, 0) is 9.47 Å². The standard InChI is InChI=1S/C19H34N4O3.HI/c1-5-20-16(21-10-11-22-17(24)26-18(2,3)4)23-14-13-7-12-25-15(13)19(14)8-6-9-19;/h13-15H,5-12H2,1-4H3,(H,22,24)(H2,20,21,23);1H. The normalized spacial score (nSPS) is 28.3. The molecule has 7 nitrogen and oxygen atoms in total. The van der Waals surface area contributed by atoms with Gasteiger partial charge in [0.15, 0.2) is 5.96 Å². The third-order valence-corrected chi connectivity index (χ3v) is 5.72. The van der Waals surface area contributed by atoms with Crippen molar-refractivity contribution in [3.8, 4) is 0 Å². The second-order valence-electron chi connectivity index (χ2n) is 8.64. The Morgan fingerprint density at radius 1 is 1.30 bits per heavy atom. The summed E-state index contributed by atoms with van der Waals surface area (Å²) in [7, 11) is 0. The van der Waals surface area contributed by atoms with Gasteiger partial charge >= 0.3 is 6.09 Å². The Bertz CT molecular complexity index is 546. The lowest BCUT2D eigenvalue weighted by molar-refractivity contribution is -0.171. The molecule has 1 heterocycles. The molecule has 0 aromatic carbocycles. The van der Waals surface area contributed by atoms with Crippen molar-refractivity contribution in [2.24, 2.45) is 16.3 Å². The van der Waals surface area contributed by atoms with Crippen LogP contribution < -0.4 is 16.0 Å². The van der Waals surface area contributed by atoms with Crippen LogP contribution in [0.1, 0.15) is 53.4 Å². The summed E-state index contributed by atoms with van der Waals surface area (Å²) in [6.07, 6.45) is 5.01. The molecule has 3 aliphatic rings. The fourth-order valence-electron chi connectivity index (χ4n) is 4.56. The Balaban J connectivity index is 0.00000261. The molecule has 3 N–H and O–H groups in total. The van der Waals surface area contributed by atoms with E-state index in [1.807, 2.05) is 20.8 Å². The summed E-state index contributed by atoms with van der Waals surface area (Å²) in [4.78, 5) is 16.3. The molecule has 3 unspecified atom stereocenters. The molecular weight excluding hydrogens is 459 g/mol. The van der Waals surface area contributed by atoms with Gasteiger partial charge < -0.3 is 25.4 Å². The SMILES string of the molecule is CCNC(=NCCNC(=O)OC(C)(C)C)NC1C2CCOC2C12CCC2.I. The van der Waals surface area contributed by atoms with Crippen LogP contribution in [0.2, 0.25) is 0 Å². The number of rotatable bonds is 5. The van der Waals surface area contributed by atoms with Crippen molar-refractivity contribution < 1.29 is 14.3 Å². The lowest BCUT2D eigenvalue weighted by Crippen LogP contribution is -2.72. The fourth-order valence-corrected chi connectivity index (χ4v) is 4.56. The van der Waals surface area contributed by atoms with Gasteiger partial charge in [-0.05, 0) is 47.0 Å². The third-order valence-electron chi connectivity index (χ3n) is 5.72. The zero-order chi connectivity index (χ0) is 18.8. The average Bonchev–Trinajstić information content (AvgIpc) is 2.90. The van der Waals surface area contributed by atoms with Gasteiger partial charge in [0, 0.05) is 37.1 Å². The summed E-state index contributed by atoms with van der Waals surface area (Å²) >= 11 is 0. The molecule has 3 rings (SSSR count). The monoisotopic (exact) mass is 494 g/mol. The molecule has 3 fully saturated rings. The van der Waals surface area contributed by atoms with Crippen molar-refractivity contribution in [1.29, 1.82) is 0 Å². The predicted octanol–water partition coefficient (Wildman–Crippen LogP) is 2.64. The Labute approximate surface area is 179 Å². The number of hydrogen-bond acceptors (Lipinski definition) is 4. The Morgan fingerprint density at radius 3 is 2.63 bits per heavy atom. The van der Waals surface area contributed by atoms with Gasteiger partial charge in [-0.15, -0.1) is 24.0 Å². The van der Waals surface area contributed by atoms with E-state index in [1.54, 1.807) is 0 Å². The first-order chi connectivity index (χ1) is 12.4. The number of ether oxygens (including phenoxy) is 2. The van der Waals surface area contributed by atoms with Crippen LogP contribution in [0.5, 0.6) is 0 Å². The maximum absolute atomic E-state index is 11.7. The quantitative estimate of drug-likeness (QED) is 0.237. The Kier molecular flexibility index (Phi) is 7.63. The maximum Gasteiger partial charge on any atom is 0.407 e. The van der Waals surface area contributed by atoms with Crippen molar-refractivity contribution in [2.75, 3.05) is 26.2 Å². The molecule has 1 spiro atoms. The highest BCUT2D eigenvalue weighted by Crippen LogP contribution is 2.62. The van der Waals surface area contributed by atoms with Crippen LogP contribution in [0.3, 0.4) is 0 Å². The first kappa shape index (κ1) is 22.5. The lowest BCUT2D eigenvalue weighted by atomic mass is 9.46. The van der Waals surface area contributed by atoms with E-state index in [9.17, 15) is 4.79 Å². The summed E-state index contributed by atoms with van der Waals surface area (Å²) in [5, 5.41) is 9.74. The largest absolute Gasteiger partial charge is 0.444 e. The average molecular weight is 494 g/mol. The highest BCUT2D eigenvalue weighted by molar-refractivity contribution is 14.0. The van der Waals surface area contributed by atoms with Crippen LogP contribution in [0.15, 0.2) is 4.99 Å². The molecule has 1 aliphatic heterocycles. The molecule has 0 radical (unpaired) electrons. The minimum Gasteiger partial charge on any atom is -0.444 e. The minimum absolute atomic E-state index is 0. The van der Waals surface area contributed by atoms with Crippen molar-refractivity contribution in [3.05, 3.63) is 0 Å². The van der Waals surface area contributed by atoms with Crippen molar-refractivity contribution in [1.82, 2.24) is 16.0 Å². The zero-order valence-corrected chi connectivity index (χ0v) is 19.3. The maximum atomic E-state index is 11.7. The number of guanidine groups is 1.